The number of urea groups is 1. The van der Waals surface area contributed by atoms with Gasteiger partial charge in [0.2, 0.25) is 5.91 Å². The number of carboxylic acid groups (broad SMARTS) is 1. The zero-order valence-electron chi connectivity index (χ0n) is 25.2. The molecule has 12 nitrogen and oxygen atoms in total. The Bertz CT molecular complexity index is 1550. The van der Waals surface area contributed by atoms with Crippen molar-refractivity contribution in [3.63, 3.8) is 0 Å². The highest BCUT2D eigenvalue weighted by atomic mass is 32.1. The number of carbonyl (C=O) groups is 5. The van der Waals surface area contributed by atoms with Crippen molar-refractivity contribution in [2.75, 3.05) is 32.6 Å². The summed E-state index contributed by atoms with van der Waals surface area (Å²) in [4.78, 5) is 68.1. The first-order valence-corrected chi connectivity index (χ1v) is 14.6. The van der Waals surface area contributed by atoms with E-state index in [1.807, 2.05) is 49.3 Å². The van der Waals surface area contributed by atoms with Crippen LogP contribution in [-0.2, 0) is 14.4 Å². The van der Waals surface area contributed by atoms with E-state index < -0.39 is 48.0 Å². The first-order chi connectivity index (χ1) is 21.6. The lowest BCUT2D eigenvalue weighted by Gasteiger charge is -2.29. The van der Waals surface area contributed by atoms with Gasteiger partial charge in [0.1, 0.15) is 30.1 Å². The molecule has 3 aromatic rings. The summed E-state index contributed by atoms with van der Waals surface area (Å²) < 4.78 is 37.5. The van der Waals surface area contributed by atoms with Crippen LogP contribution in [0.15, 0.2) is 60.0 Å². The minimum absolute atomic E-state index is 0.212. The minimum Gasteiger partial charge on any atom is -0.492 e. The van der Waals surface area contributed by atoms with Crippen molar-refractivity contribution in [1.82, 2.24) is 20.1 Å². The molecule has 46 heavy (non-hydrogen) atoms. The number of likely N-dealkylation sites (N-methyl/N-ethyl adjacent to an activating group) is 1. The molecule has 3 atom stereocenters. The van der Waals surface area contributed by atoms with Gasteiger partial charge in [-0.25, -0.2) is 19.5 Å². The molecule has 2 aromatic carbocycles. The van der Waals surface area contributed by atoms with Crippen LogP contribution in [0.5, 0.6) is 5.75 Å². The number of aromatic nitrogens is 1. The van der Waals surface area contributed by atoms with E-state index >= 15 is 0 Å². The number of amides is 4. The number of Topliss-reactive ketones (excluding diaryl/α,β-unsaturated/α-hetero) is 1. The number of rotatable bonds is 11. The molecule has 3 N–H and O–H groups in total. The number of nitrogens with zero attached hydrogens (tertiary/aromatic N) is 3. The molecule has 2 heterocycles. The number of nitrogens with one attached hydrogen (secondary N) is 2. The number of ether oxygens (including phenoxy) is 1. The monoisotopic (exact) mass is 663 g/mol. The molecule has 1 aliphatic heterocycles. The molecule has 0 spiro atoms. The van der Waals surface area contributed by atoms with Crippen LogP contribution in [0.4, 0.5) is 23.1 Å². The van der Waals surface area contributed by atoms with Crippen molar-refractivity contribution in [2.24, 2.45) is 0 Å². The Kier molecular flexibility index (Phi) is 12.0. The second-order valence-corrected chi connectivity index (χ2v) is 11.2. The molecule has 1 aromatic heterocycles. The summed E-state index contributed by atoms with van der Waals surface area (Å²) in [5.74, 6) is -3.98. The SMILES string of the molecule is CC(=O)c1csc(NC(=O)[C@H]([C@@H](C)c2ccccc2)N2C(=O)N[C@@H](c3ccc(OCCN(C)C)cc3)C2=O)n1.O=C(O)C(F)(F)F. The fourth-order valence-electron chi connectivity index (χ4n) is 4.26. The van der Waals surface area contributed by atoms with Crippen molar-refractivity contribution in [2.45, 2.75) is 38.0 Å². The maximum Gasteiger partial charge on any atom is 0.490 e. The number of halogens is 3. The van der Waals surface area contributed by atoms with E-state index in [2.05, 4.69) is 15.6 Å². The van der Waals surface area contributed by atoms with Gasteiger partial charge in [-0.3, -0.25) is 14.4 Å². The number of hydrogen-bond donors (Lipinski definition) is 3. The lowest BCUT2D eigenvalue weighted by atomic mass is 9.91. The molecular formula is C30H32F3N5O7S. The quantitative estimate of drug-likeness (QED) is 0.201. The number of hydrogen-bond acceptors (Lipinski definition) is 9. The third-order valence-electron chi connectivity index (χ3n) is 6.67. The van der Waals surface area contributed by atoms with Gasteiger partial charge in [-0.15, -0.1) is 11.3 Å². The van der Waals surface area contributed by atoms with E-state index in [4.69, 9.17) is 14.6 Å². The van der Waals surface area contributed by atoms with E-state index in [9.17, 15) is 32.3 Å². The Hall–Kier alpha value is -4.83. The van der Waals surface area contributed by atoms with Gasteiger partial charge < -0.3 is 25.4 Å². The fraction of sp³-hybridized carbons (Fsp3) is 0.333. The first kappa shape index (κ1) is 35.6. The van der Waals surface area contributed by atoms with E-state index in [0.29, 0.717) is 17.9 Å². The van der Waals surface area contributed by atoms with Gasteiger partial charge in [-0.1, -0.05) is 49.4 Å². The van der Waals surface area contributed by atoms with Crippen molar-refractivity contribution in [3.05, 3.63) is 76.8 Å². The molecular weight excluding hydrogens is 631 g/mol. The summed E-state index contributed by atoms with van der Waals surface area (Å²) in [5, 5.41) is 14.3. The maximum absolute atomic E-state index is 13.6. The van der Waals surface area contributed by atoms with Crippen LogP contribution in [0.25, 0.3) is 0 Å². The average molecular weight is 664 g/mol. The molecule has 1 saturated heterocycles. The van der Waals surface area contributed by atoms with Gasteiger partial charge in [0.15, 0.2) is 10.9 Å². The molecule has 0 bridgehead atoms. The van der Waals surface area contributed by atoms with Gasteiger partial charge in [0.05, 0.1) is 0 Å². The van der Waals surface area contributed by atoms with Crippen LogP contribution in [0.1, 0.15) is 47.4 Å². The van der Waals surface area contributed by atoms with E-state index in [1.165, 1.54) is 6.92 Å². The number of benzene rings is 2. The lowest BCUT2D eigenvalue weighted by molar-refractivity contribution is -0.192. The molecule has 0 aliphatic carbocycles. The van der Waals surface area contributed by atoms with E-state index in [-0.39, 0.29) is 16.6 Å². The Morgan fingerprint density at radius 1 is 1.11 bits per heavy atom. The first-order valence-electron chi connectivity index (χ1n) is 13.7. The highest BCUT2D eigenvalue weighted by Gasteiger charge is 2.47. The van der Waals surface area contributed by atoms with Crippen LogP contribution < -0.4 is 15.4 Å². The molecule has 0 radical (unpaired) electrons. The Labute approximate surface area is 266 Å². The molecule has 4 rings (SSSR count). The topological polar surface area (TPSA) is 158 Å². The van der Waals surface area contributed by atoms with Gasteiger partial charge in [-0.05, 0) is 37.4 Å². The second-order valence-electron chi connectivity index (χ2n) is 10.3. The molecule has 0 saturated carbocycles. The summed E-state index contributed by atoms with van der Waals surface area (Å²) in [6.45, 7) is 4.45. The van der Waals surface area contributed by atoms with Gasteiger partial charge in [0, 0.05) is 24.8 Å². The third-order valence-corrected chi connectivity index (χ3v) is 7.43. The highest BCUT2D eigenvalue weighted by Crippen LogP contribution is 2.32. The van der Waals surface area contributed by atoms with Crippen LogP contribution in [0.3, 0.4) is 0 Å². The molecule has 4 amide bonds. The number of imide groups is 1. The number of anilines is 1. The van der Waals surface area contributed by atoms with Crippen molar-refractivity contribution in [1.29, 1.82) is 0 Å². The summed E-state index contributed by atoms with van der Waals surface area (Å²) in [6, 6.07) is 13.4. The fourth-order valence-corrected chi connectivity index (χ4v) is 5.02. The zero-order valence-corrected chi connectivity index (χ0v) is 26.0. The van der Waals surface area contributed by atoms with Crippen molar-refractivity contribution < 1.29 is 47.0 Å². The number of aliphatic carboxylic acids is 1. The molecule has 1 fully saturated rings. The minimum atomic E-state index is -5.08. The summed E-state index contributed by atoms with van der Waals surface area (Å²) in [6.07, 6.45) is -5.08. The standard InChI is InChI=1S/C28H31N5O5S.C2HF3O2/c1-17(19-8-6-5-7-9-19)24(25(35)31-27-29-22(16-39-27)18(2)34)33-26(36)23(30-28(33)37)20-10-12-21(13-11-20)38-15-14-32(3)4;3-2(4,5)1(6)7/h5-13,16-17,23-24H,14-15H2,1-4H3,(H,30,37)(H,29,31,35);(H,6,7)/t17-,23-,24-;/m0./s1. The lowest BCUT2D eigenvalue weighted by Crippen LogP contribution is -2.50. The summed E-state index contributed by atoms with van der Waals surface area (Å²) >= 11 is 1.10. The predicted molar refractivity (Wildman–Crippen MR) is 162 cm³/mol. The number of thiazole rings is 1. The maximum atomic E-state index is 13.6. The number of carbonyl (C=O) groups excluding carboxylic acids is 4. The Morgan fingerprint density at radius 2 is 1.72 bits per heavy atom. The molecule has 246 valence electrons. The van der Waals surface area contributed by atoms with E-state index in [0.717, 1.165) is 28.3 Å². The third kappa shape index (κ3) is 9.34. The zero-order chi connectivity index (χ0) is 34.2. The normalized spacial score (nSPS) is 15.8. The van der Waals surface area contributed by atoms with Gasteiger partial charge in [0.25, 0.3) is 5.91 Å². The van der Waals surface area contributed by atoms with E-state index in [1.54, 1.807) is 36.6 Å². The van der Waals surface area contributed by atoms with Crippen molar-refractivity contribution in [3.8, 4) is 5.75 Å². The van der Waals surface area contributed by atoms with Crippen LogP contribution >= 0.6 is 11.3 Å². The van der Waals surface area contributed by atoms with Crippen molar-refractivity contribution >= 4 is 46.1 Å². The molecule has 0 unspecified atom stereocenters. The smallest absolute Gasteiger partial charge is 0.490 e. The number of ketones is 1. The summed E-state index contributed by atoms with van der Waals surface area (Å²) in [7, 11) is 3.91. The van der Waals surface area contributed by atoms with Crippen LogP contribution in [-0.4, -0.2) is 89.0 Å². The van der Waals surface area contributed by atoms with Crippen LogP contribution in [0, 0.1) is 0 Å². The Balaban J connectivity index is 0.000000738. The largest absolute Gasteiger partial charge is 0.492 e. The highest BCUT2D eigenvalue weighted by molar-refractivity contribution is 7.14. The summed E-state index contributed by atoms with van der Waals surface area (Å²) in [5.41, 5.74) is 1.59. The van der Waals surface area contributed by atoms with Gasteiger partial charge >= 0.3 is 18.2 Å². The predicted octanol–water partition coefficient (Wildman–Crippen LogP) is 4.32. The molecule has 1 aliphatic rings. The number of carboxylic acids is 1. The second kappa shape index (κ2) is 15.4. The van der Waals surface area contributed by atoms with Gasteiger partial charge in [-0.2, -0.15) is 13.2 Å². The Morgan fingerprint density at radius 3 is 2.24 bits per heavy atom. The van der Waals surface area contributed by atoms with Crippen LogP contribution in [0.2, 0.25) is 0 Å². The average Bonchev–Trinajstić information content (AvgIpc) is 3.58. The molecule has 16 heteroatoms. The number of alkyl halides is 3.